The van der Waals surface area contributed by atoms with E-state index < -0.39 is 17.8 Å². The van der Waals surface area contributed by atoms with Crippen LogP contribution in [-0.2, 0) is 12.8 Å². The van der Waals surface area contributed by atoms with E-state index in [9.17, 15) is 14.7 Å². The molecule has 3 aliphatic rings. The molecule has 7 nitrogen and oxygen atoms in total. The van der Waals surface area contributed by atoms with Gasteiger partial charge in [0.1, 0.15) is 5.82 Å². The van der Waals surface area contributed by atoms with Crippen LogP contribution in [0.25, 0.3) is 5.69 Å². The summed E-state index contributed by atoms with van der Waals surface area (Å²) in [6, 6.07) is 2.65. The van der Waals surface area contributed by atoms with Crippen LogP contribution in [0.4, 0.5) is 10.1 Å². The number of hydrogen-bond donors (Lipinski definition) is 3. The molecular weight excluding hydrogens is 435 g/mol. The van der Waals surface area contributed by atoms with Gasteiger partial charge in [-0.3, -0.25) is 9.59 Å². The number of hydrogen-bond acceptors (Lipinski definition) is 5. The smallest absolute Gasteiger partial charge is 0.253 e. The maximum absolute atomic E-state index is 15.3. The number of nitrogens with two attached hydrogens (primary N) is 1. The van der Waals surface area contributed by atoms with Crippen molar-refractivity contribution in [2.24, 2.45) is 17.1 Å². The Morgan fingerprint density at radius 2 is 1.97 bits per heavy atom. The van der Waals surface area contributed by atoms with Gasteiger partial charge in [0.05, 0.1) is 46.0 Å². The average Bonchev–Trinajstić information content (AvgIpc) is 3.48. The molecule has 5 rings (SSSR count). The summed E-state index contributed by atoms with van der Waals surface area (Å²) < 4.78 is 17.0. The van der Waals surface area contributed by atoms with Gasteiger partial charge in [-0.1, -0.05) is 26.7 Å². The third-order valence-electron chi connectivity index (χ3n) is 7.43. The van der Waals surface area contributed by atoms with Gasteiger partial charge in [0.15, 0.2) is 5.78 Å². The highest BCUT2D eigenvalue weighted by Gasteiger charge is 2.38. The highest BCUT2D eigenvalue weighted by atomic mass is 19.1. The van der Waals surface area contributed by atoms with Crippen LogP contribution in [0.15, 0.2) is 12.1 Å². The predicted octanol–water partition coefficient (Wildman–Crippen LogP) is 3.93. The van der Waals surface area contributed by atoms with Gasteiger partial charge in [-0.05, 0) is 55.9 Å². The average molecular weight is 469 g/mol. The standard InChI is InChI=1S/C26H33FN4O3/c1-26(2)12-20-24(22(33)13-26)19(9-14-7-8-14)30-31(20)15-10-16(27)23(25(28)34)18(11-15)29-17-5-3-4-6-21(17)32/h10-11,14,17,21,29,32H,3-9,12-13H2,1-2H3,(H2,28,34). The Kier molecular flexibility index (Phi) is 5.74. The van der Waals surface area contributed by atoms with E-state index >= 15 is 4.39 Å². The molecule has 2 aromatic rings. The molecule has 0 bridgehead atoms. The predicted molar refractivity (Wildman–Crippen MR) is 127 cm³/mol. The number of carbonyl (C=O) groups excluding carboxylic acids is 2. The fourth-order valence-corrected chi connectivity index (χ4v) is 5.54. The van der Waals surface area contributed by atoms with Crippen LogP contribution in [0.5, 0.6) is 0 Å². The molecule has 0 spiro atoms. The van der Waals surface area contributed by atoms with Gasteiger partial charge >= 0.3 is 0 Å². The number of anilines is 1. The maximum Gasteiger partial charge on any atom is 0.253 e. The SMILES string of the molecule is CC1(C)CC(=O)c2c(CC3CC3)nn(-c3cc(F)c(C(N)=O)c(NC4CCCCC4O)c3)c2C1. The van der Waals surface area contributed by atoms with Gasteiger partial charge in [0, 0.05) is 12.5 Å². The van der Waals surface area contributed by atoms with Crippen LogP contribution in [0.1, 0.15) is 90.9 Å². The number of aromatic nitrogens is 2. The number of fused-ring (bicyclic) bond motifs is 1. The molecule has 1 heterocycles. The first-order valence-electron chi connectivity index (χ1n) is 12.4. The normalized spacial score (nSPS) is 24.1. The third-order valence-corrected chi connectivity index (χ3v) is 7.43. The summed E-state index contributed by atoms with van der Waals surface area (Å²) in [6.45, 7) is 4.11. The van der Waals surface area contributed by atoms with Crippen LogP contribution >= 0.6 is 0 Å². The molecule has 182 valence electrons. The first-order chi connectivity index (χ1) is 16.1. The van der Waals surface area contributed by atoms with E-state index in [2.05, 4.69) is 19.2 Å². The van der Waals surface area contributed by atoms with Gasteiger partial charge in [0.2, 0.25) is 0 Å². The van der Waals surface area contributed by atoms with Gasteiger partial charge in [0.25, 0.3) is 5.91 Å². The number of nitrogens with zero attached hydrogens (tertiary/aromatic N) is 2. The first-order valence-corrected chi connectivity index (χ1v) is 12.4. The molecule has 0 saturated heterocycles. The molecule has 2 fully saturated rings. The topological polar surface area (TPSA) is 110 Å². The zero-order chi connectivity index (χ0) is 24.2. The van der Waals surface area contributed by atoms with Gasteiger partial charge < -0.3 is 16.2 Å². The lowest BCUT2D eigenvalue weighted by Crippen LogP contribution is -2.37. The van der Waals surface area contributed by atoms with E-state index in [4.69, 9.17) is 10.8 Å². The molecule has 2 atom stereocenters. The Morgan fingerprint density at radius 3 is 2.65 bits per heavy atom. The number of amides is 1. The van der Waals surface area contributed by atoms with Crippen molar-refractivity contribution in [1.82, 2.24) is 9.78 Å². The Labute approximate surface area is 198 Å². The second-order valence-corrected chi connectivity index (χ2v) is 11.1. The number of aliphatic hydroxyl groups is 1. The third kappa shape index (κ3) is 4.35. The Morgan fingerprint density at radius 1 is 1.24 bits per heavy atom. The monoisotopic (exact) mass is 468 g/mol. The fraction of sp³-hybridized carbons (Fsp3) is 0.577. The molecule has 2 unspecified atom stereocenters. The van der Waals surface area contributed by atoms with Crippen LogP contribution < -0.4 is 11.1 Å². The van der Waals surface area contributed by atoms with Crippen molar-refractivity contribution in [3.05, 3.63) is 40.5 Å². The summed E-state index contributed by atoms with van der Waals surface area (Å²) in [6.07, 6.45) is 6.81. The number of primary amides is 1. The molecule has 2 saturated carbocycles. The van der Waals surface area contributed by atoms with E-state index in [1.54, 1.807) is 10.7 Å². The largest absolute Gasteiger partial charge is 0.391 e. The Bertz CT molecular complexity index is 1150. The van der Waals surface area contributed by atoms with Crippen molar-refractivity contribution < 1.29 is 19.1 Å². The van der Waals surface area contributed by atoms with Crippen molar-refractivity contribution in [3.8, 4) is 5.69 Å². The lowest BCUT2D eigenvalue weighted by atomic mass is 9.75. The van der Waals surface area contributed by atoms with Crippen LogP contribution in [0.2, 0.25) is 0 Å². The number of halogens is 1. The summed E-state index contributed by atoms with van der Waals surface area (Å²) in [5.41, 5.74) is 8.04. The van der Waals surface area contributed by atoms with Crippen molar-refractivity contribution in [2.75, 3.05) is 5.32 Å². The van der Waals surface area contributed by atoms with Crippen LogP contribution in [-0.4, -0.2) is 38.7 Å². The van der Waals surface area contributed by atoms with Crippen molar-refractivity contribution in [3.63, 3.8) is 0 Å². The van der Waals surface area contributed by atoms with E-state index in [1.807, 2.05) is 0 Å². The highest BCUT2D eigenvalue weighted by molar-refractivity contribution is 6.00. The zero-order valence-electron chi connectivity index (χ0n) is 19.9. The lowest BCUT2D eigenvalue weighted by Gasteiger charge is -2.30. The van der Waals surface area contributed by atoms with Gasteiger partial charge in [-0.15, -0.1) is 0 Å². The number of Topliss-reactive ketones (excluding diaryl/α,β-unsaturated/α-hetero) is 1. The summed E-state index contributed by atoms with van der Waals surface area (Å²) >= 11 is 0. The lowest BCUT2D eigenvalue weighted by molar-refractivity contribution is 0.0909. The number of benzene rings is 1. The second-order valence-electron chi connectivity index (χ2n) is 11.1. The number of aliphatic hydroxyl groups excluding tert-OH is 1. The molecule has 0 aliphatic heterocycles. The Hall–Kier alpha value is -2.74. The minimum atomic E-state index is -0.870. The molecular formula is C26H33FN4O3. The van der Waals surface area contributed by atoms with Crippen LogP contribution in [0.3, 0.4) is 0 Å². The highest BCUT2D eigenvalue weighted by Crippen LogP contribution is 2.40. The maximum atomic E-state index is 15.3. The molecule has 1 aromatic carbocycles. The molecule has 1 aromatic heterocycles. The van der Waals surface area contributed by atoms with E-state index in [1.165, 1.54) is 6.07 Å². The summed E-state index contributed by atoms with van der Waals surface area (Å²) in [4.78, 5) is 25.2. The molecule has 34 heavy (non-hydrogen) atoms. The fourth-order valence-electron chi connectivity index (χ4n) is 5.54. The minimum Gasteiger partial charge on any atom is -0.391 e. The Balaban J connectivity index is 1.61. The summed E-state index contributed by atoms with van der Waals surface area (Å²) in [5, 5.41) is 18.4. The number of ketones is 1. The van der Waals surface area contributed by atoms with E-state index in [-0.39, 0.29) is 28.5 Å². The summed E-state index contributed by atoms with van der Waals surface area (Å²) in [5.74, 6) is -0.975. The van der Waals surface area contributed by atoms with Crippen molar-refractivity contribution >= 4 is 17.4 Å². The molecule has 3 aliphatic carbocycles. The van der Waals surface area contributed by atoms with Gasteiger partial charge in [-0.25, -0.2) is 9.07 Å². The molecule has 4 N–H and O–H groups in total. The first kappa shape index (κ1) is 23.0. The van der Waals surface area contributed by atoms with E-state index in [0.717, 1.165) is 49.9 Å². The van der Waals surface area contributed by atoms with E-state index in [0.29, 0.717) is 36.4 Å². The van der Waals surface area contributed by atoms with Crippen LogP contribution in [0, 0.1) is 17.2 Å². The molecule has 1 amide bonds. The second kappa shape index (κ2) is 8.48. The molecule has 0 radical (unpaired) electrons. The summed E-state index contributed by atoms with van der Waals surface area (Å²) in [7, 11) is 0. The minimum absolute atomic E-state index is 0.0889. The molecule has 8 heteroatoms. The number of rotatable bonds is 6. The number of carbonyl (C=O) groups is 2. The zero-order valence-corrected chi connectivity index (χ0v) is 19.9. The van der Waals surface area contributed by atoms with Crippen molar-refractivity contribution in [2.45, 2.75) is 83.8 Å². The van der Waals surface area contributed by atoms with Gasteiger partial charge in [-0.2, -0.15) is 5.10 Å². The quantitative estimate of drug-likeness (QED) is 0.595. The number of nitrogens with one attached hydrogen (secondary N) is 1. The van der Waals surface area contributed by atoms with Crippen molar-refractivity contribution in [1.29, 1.82) is 0 Å².